The van der Waals surface area contributed by atoms with Gasteiger partial charge in [-0.05, 0) is 11.1 Å². The Balaban J connectivity index is 1.54. The minimum Gasteiger partial charge on any atom is -0.374 e. The van der Waals surface area contributed by atoms with E-state index < -0.39 is 18.5 Å². The van der Waals surface area contributed by atoms with Crippen LogP contribution in [0.4, 0.5) is 0 Å². The topological polar surface area (TPSA) is 54.0 Å². The van der Waals surface area contributed by atoms with Crippen molar-refractivity contribution in [2.45, 2.75) is 38.1 Å². The Bertz CT molecular complexity index is 673. The fourth-order valence-electron chi connectivity index (χ4n) is 2.86. The molecule has 0 bridgehead atoms. The van der Waals surface area contributed by atoms with Crippen molar-refractivity contribution in [3.8, 4) is 0 Å². The molecule has 0 radical (unpaired) electrons. The third kappa shape index (κ3) is 5.22. The van der Waals surface area contributed by atoms with E-state index in [1.54, 1.807) is 7.11 Å². The average molecular weight is 356 g/mol. The van der Waals surface area contributed by atoms with Gasteiger partial charge in [-0.3, -0.25) is 4.79 Å². The van der Waals surface area contributed by atoms with Gasteiger partial charge in [0.05, 0.1) is 19.8 Å². The van der Waals surface area contributed by atoms with Crippen molar-refractivity contribution in [3.05, 3.63) is 71.8 Å². The van der Waals surface area contributed by atoms with Crippen LogP contribution in [0.1, 0.15) is 17.5 Å². The molecule has 1 aliphatic heterocycles. The third-order valence-electron chi connectivity index (χ3n) is 4.29. The van der Waals surface area contributed by atoms with Crippen LogP contribution in [0.5, 0.6) is 0 Å². The Hall–Kier alpha value is -2.05. The fourth-order valence-corrected chi connectivity index (χ4v) is 2.86. The van der Waals surface area contributed by atoms with Crippen molar-refractivity contribution in [2.24, 2.45) is 0 Å². The number of methoxy groups -OCH3 is 1. The first-order valence-corrected chi connectivity index (χ1v) is 8.75. The third-order valence-corrected chi connectivity index (χ3v) is 4.29. The summed E-state index contributed by atoms with van der Waals surface area (Å²) in [6.45, 7) is 0.991. The molecule has 1 fully saturated rings. The highest BCUT2D eigenvalue weighted by atomic mass is 16.7. The normalized spacial score (nSPS) is 23.1. The first-order valence-electron chi connectivity index (χ1n) is 8.75. The number of carbonyl (C=O) groups is 1. The number of Topliss-reactive ketones (excluding diaryl/α,β-unsaturated/α-hetero) is 1. The molecule has 0 saturated carbocycles. The van der Waals surface area contributed by atoms with Crippen molar-refractivity contribution in [1.82, 2.24) is 0 Å². The maximum absolute atomic E-state index is 12.7. The molecule has 0 spiro atoms. The molecule has 2 aromatic carbocycles. The Kier molecular flexibility index (Phi) is 6.91. The van der Waals surface area contributed by atoms with E-state index in [0.717, 1.165) is 11.1 Å². The molecule has 0 amide bonds. The van der Waals surface area contributed by atoms with Crippen molar-refractivity contribution in [3.63, 3.8) is 0 Å². The number of ketones is 1. The van der Waals surface area contributed by atoms with Gasteiger partial charge in [-0.1, -0.05) is 60.7 Å². The Morgan fingerprint density at radius 2 is 1.58 bits per heavy atom. The van der Waals surface area contributed by atoms with Crippen molar-refractivity contribution >= 4 is 5.78 Å². The summed E-state index contributed by atoms with van der Waals surface area (Å²) < 4.78 is 22.5. The predicted octanol–water partition coefficient (Wildman–Crippen LogP) is 3.12. The lowest BCUT2D eigenvalue weighted by Crippen LogP contribution is -2.48. The molecule has 1 unspecified atom stereocenters. The van der Waals surface area contributed by atoms with Gasteiger partial charge in [0.15, 0.2) is 12.1 Å². The molecular formula is C21H24O5. The number of hydrogen-bond acceptors (Lipinski definition) is 5. The minimum atomic E-state index is -0.682. The molecule has 138 valence electrons. The first kappa shape index (κ1) is 18.7. The summed E-state index contributed by atoms with van der Waals surface area (Å²) in [6, 6.07) is 19.6. The monoisotopic (exact) mass is 356 g/mol. The summed E-state index contributed by atoms with van der Waals surface area (Å²) in [5, 5.41) is 0. The summed E-state index contributed by atoms with van der Waals surface area (Å²) in [7, 11) is 1.57. The zero-order chi connectivity index (χ0) is 18.2. The van der Waals surface area contributed by atoms with Crippen LogP contribution in [0.3, 0.4) is 0 Å². The summed E-state index contributed by atoms with van der Waals surface area (Å²) in [4.78, 5) is 12.7. The van der Waals surface area contributed by atoms with Gasteiger partial charge in [-0.15, -0.1) is 0 Å². The molecule has 1 heterocycles. The largest absolute Gasteiger partial charge is 0.374 e. The van der Waals surface area contributed by atoms with E-state index in [1.807, 2.05) is 60.7 Å². The highest BCUT2D eigenvalue weighted by Gasteiger charge is 2.38. The van der Waals surface area contributed by atoms with E-state index in [1.165, 1.54) is 0 Å². The molecule has 26 heavy (non-hydrogen) atoms. The minimum absolute atomic E-state index is 0.0951. The van der Waals surface area contributed by atoms with E-state index in [9.17, 15) is 4.79 Å². The molecular weight excluding hydrogens is 332 g/mol. The number of ether oxygens (including phenoxy) is 4. The van der Waals surface area contributed by atoms with Crippen molar-refractivity contribution < 1.29 is 23.7 Å². The molecule has 0 N–H and O–H groups in total. The van der Waals surface area contributed by atoms with Crippen LogP contribution in [0.2, 0.25) is 0 Å². The summed E-state index contributed by atoms with van der Waals surface area (Å²) in [5.41, 5.74) is 2.08. The van der Waals surface area contributed by atoms with E-state index in [2.05, 4.69) is 0 Å². The fraction of sp³-hybridized carbons (Fsp3) is 0.381. The molecule has 1 aliphatic rings. The highest BCUT2D eigenvalue weighted by molar-refractivity contribution is 5.88. The van der Waals surface area contributed by atoms with Crippen molar-refractivity contribution in [1.29, 1.82) is 0 Å². The van der Waals surface area contributed by atoms with E-state index >= 15 is 0 Å². The lowest BCUT2D eigenvalue weighted by atomic mass is 10.0. The zero-order valence-corrected chi connectivity index (χ0v) is 14.9. The maximum Gasteiger partial charge on any atom is 0.192 e. The van der Waals surface area contributed by atoms with Gasteiger partial charge in [-0.2, -0.15) is 0 Å². The van der Waals surface area contributed by atoms with Crippen LogP contribution in [-0.4, -0.2) is 38.0 Å². The van der Waals surface area contributed by atoms with Crippen LogP contribution < -0.4 is 0 Å². The molecule has 3 atom stereocenters. The summed E-state index contributed by atoms with van der Waals surface area (Å²) in [6.07, 6.45) is -1.33. The number of hydrogen-bond donors (Lipinski definition) is 0. The standard InChI is InChI=1S/C21H24O5/c1-23-20-12-18(25-14-17-10-6-3-7-11-17)21(22)19(26-20)15-24-13-16-8-4-2-5-9-16/h2-11,18-20H,12-15H2,1H3/t18-,19-,20?/m1/s1. The molecule has 3 rings (SSSR count). The van der Waals surface area contributed by atoms with Crippen LogP contribution in [0.15, 0.2) is 60.7 Å². The lowest BCUT2D eigenvalue weighted by molar-refractivity contribution is -0.216. The second-order valence-electron chi connectivity index (χ2n) is 6.21. The van der Waals surface area contributed by atoms with Crippen LogP contribution in [0, 0.1) is 0 Å². The predicted molar refractivity (Wildman–Crippen MR) is 96.4 cm³/mol. The smallest absolute Gasteiger partial charge is 0.192 e. The maximum atomic E-state index is 12.7. The molecule has 5 heteroatoms. The second kappa shape index (κ2) is 9.59. The van der Waals surface area contributed by atoms with Crippen LogP contribution in [0.25, 0.3) is 0 Å². The number of benzene rings is 2. The van der Waals surface area contributed by atoms with E-state index in [-0.39, 0.29) is 12.4 Å². The number of carbonyl (C=O) groups excluding carboxylic acids is 1. The zero-order valence-electron chi connectivity index (χ0n) is 14.9. The molecule has 2 aromatic rings. The van der Waals surface area contributed by atoms with Gasteiger partial charge < -0.3 is 18.9 Å². The van der Waals surface area contributed by atoms with Gasteiger partial charge >= 0.3 is 0 Å². The van der Waals surface area contributed by atoms with Crippen LogP contribution in [-0.2, 0) is 37.0 Å². The number of rotatable bonds is 8. The van der Waals surface area contributed by atoms with E-state index in [0.29, 0.717) is 19.6 Å². The van der Waals surface area contributed by atoms with E-state index in [4.69, 9.17) is 18.9 Å². The first-order chi connectivity index (χ1) is 12.8. The van der Waals surface area contributed by atoms with Gasteiger partial charge in [0.2, 0.25) is 0 Å². The summed E-state index contributed by atoms with van der Waals surface area (Å²) >= 11 is 0. The molecule has 0 aromatic heterocycles. The van der Waals surface area contributed by atoms with Crippen LogP contribution >= 0.6 is 0 Å². The average Bonchev–Trinajstić information content (AvgIpc) is 2.70. The summed E-state index contributed by atoms with van der Waals surface area (Å²) in [5.74, 6) is -0.0951. The Labute approximate surface area is 153 Å². The molecule has 5 nitrogen and oxygen atoms in total. The van der Waals surface area contributed by atoms with Gasteiger partial charge in [-0.25, -0.2) is 0 Å². The second-order valence-corrected chi connectivity index (χ2v) is 6.21. The Morgan fingerprint density at radius 3 is 2.19 bits per heavy atom. The van der Waals surface area contributed by atoms with Gasteiger partial charge in [0.1, 0.15) is 12.2 Å². The van der Waals surface area contributed by atoms with Gasteiger partial charge in [0, 0.05) is 13.5 Å². The lowest BCUT2D eigenvalue weighted by Gasteiger charge is -2.33. The SMILES string of the molecule is COC1C[C@@H](OCc2ccccc2)C(=O)[C@@H](COCc2ccccc2)O1. The van der Waals surface area contributed by atoms with Crippen molar-refractivity contribution in [2.75, 3.05) is 13.7 Å². The highest BCUT2D eigenvalue weighted by Crippen LogP contribution is 2.21. The molecule has 1 saturated heterocycles. The quantitative estimate of drug-likeness (QED) is 0.727. The Morgan fingerprint density at radius 1 is 0.962 bits per heavy atom. The molecule has 0 aliphatic carbocycles. The van der Waals surface area contributed by atoms with Gasteiger partial charge in [0.25, 0.3) is 0 Å².